The van der Waals surface area contributed by atoms with E-state index in [4.69, 9.17) is 16.3 Å². The summed E-state index contributed by atoms with van der Waals surface area (Å²) in [4.78, 5) is 19.1. The summed E-state index contributed by atoms with van der Waals surface area (Å²) in [6.07, 6.45) is 5.17. The molecule has 1 aromatic rings. The van der Waals surface area contributed by atoms with Gasteiger partial charge in [0.25, 0.3) is 0 Å². The number of hydrogen-bond donors (Lipinski definition) is 0. The third-order valence-electron chi connectivity index (χ3n) is 4.96. The molecular formula is C16H21ClN2O2. The molecule has 114 valence electrons. The largest absolute Gasteiger partial charge is 0.466 e. The van der Waals surface area contributed by atoms with Gasteiger partial charge in [0.1, 0.15) is 5.15 Å². The van der Waals surface area contributed by atoms with E-state index in [-0.39, 0.29) is 23.8 Å². The summed E-state index contributed by atoms with van der Waals surface area (Å²) in [6, 6.07) is 4.48. The number of carbonyl (C=O) groups excluding carboxylic acids is 1. The first-order chi connectivity index (χ1) is 10.1. The number of esters is 1. The van der Waals surface area contributed by atoms with Gasteiger partial charge in [0.2, 0.25) is 0 Å². The highest BCUT2D eigenvalue weighted by Crippen LogP contribution is 2.48. The van der Waals surface area contributed by atoms with Gasteiger partial charge in [0.05, 0.1) is 12.5 Å². The van der Waals surface area contributed by atoms with E-state index in [0.29, 0.717) is 17.8 Å². The zero-order valence-corrected chi connectivity index (χ0v) is 13.2. The normalized spacial score (nSPS) is 32.1. The van der Waals surface area contributed by atoms with Gasteiger partial charge < -0.3 is 4.74 Å². The average molecular weight is 309 g/mol. The molecule has 0 saturated carbocycles. The van der Waals surface area contributed by atoms with Crippen LogP contribution in [0.15, 0.2) is 18.3 Å². The maximum atomic E-state index is 12.5. The third kappa shape index (κ3) is 2.55. The minimum atomic E-state index is -0.0922. The van der Waals surface area contributed by atoms with Gasteiger partial charge in [-0.1, -0.05) is 24.1 Å². The number of ether oxygens (including phenoxy) is 1. The van der Waals surface area contributed by atoms with E-state index in [1.165, 1.54) is 6.42 Å². The quantitative estimate of drug-likeness (QED) is 0.636. The van der Waals surface area contributed by atoms with Crippen molar-refractivity contribution < 1.29 is 9.53 Å². The second kappa shape index (κ2) is 5.93. The summed E-state index contributed by atoms with van der Waals surface area (Å²) in [7, 11) is 2.13. The second-order valence-corrected chi connectivity index (χ2v) is 6.34. The van der Waals surface area contributed by atoms with Crippen LogP contribution in [0.2, 0.25) is 5.15 Å². The number of fused-ring (bicyclic) bond motifs is 2. The van der Waals surface area contributed by atoms with Crippen molar-refractivity contribution in [2.75, 3.05) is 13.7 Å². The number of carbonyl (C=O) groups is 1. The van der Waals surface area contributed by atoms with E-state index < -0.39 is 0 Å². The zero-order valence-electron chi connectivity index (χ0n) is 12.5. The molecule has 0 unspecified atom stereocenters. The molecule has 21 heavy (non-hydrogen) atoms. The lowest BCUT2D eigenvalue weighted by atomic mass is 9.83. The summed E-state index contributed by atoms with van der Waals surface area (Å²) in [5, 5.41) is 0.487. The van der Waals surface area contributed by atoms with Crippen LogP contribution in [0.3, 0.4) is 0 Å². The molecule has 3 rings (SSSR count). The maximum Gasteiger partial charge on any atom is 0.311 e. The summed E-state index contributed by atoms with van der Waals surface area (Å²) in [5.74, 6) is -0.00422. The molecule has 0 radical (unpaired) electrons. The van der Waals surface area contributed by atoms with E-state index >= 15 is 0 Å². The van der Waals surface area contributed by atoms with Crippen LogP contribution in [0, 0.1) is 5.92 Å². The van der Waals surface area contributed by atoms with Crippen LogP contribution in [0.25, 0.3) is 0 Å². The first kappa shape index (κ1) is 14.8. The van der Waals surface area contributed by atoms with E-state index in [1.807, 2.05) is 19.2 Å². The molecule has 0 spiro atoms. The summed E-state index contributed by atoms with van der Waals surface area (Å²) in [6.45, 7) is 2.30. The first-order valence-electron chi connectivity index (χ1n) is 7.63. The maximum absolute atomic E-state index is 12.5. The van der Waals surface area contributed by atoms with Crippen molar-refractivity contribution in [3.63, 3.8) is 0 Å². The van der Waals surface area contributed by atoms with E-state index in [1.54, 1.807) is 6.07 Å². The van der Waals surface area contributed by atoms with Crippen molar-refractivity contribution in [2.45, 2.75) is 44.2 Å². The topological polar surface area (TPSA) is 42.4 Å². The molecule has 4 nitrogen and oxygen atoms in total. The Hall–Kier alpha value is -1.13. The van der Waals surface area contributed by atoms with E-state index in [2.05, 4.69) is 16.9 Å². The fourth-order valence-corrected chi connectivity index (χ4v) is 4.20. The fraction of sp³-hybridized carbons (Fsp3) is 0.625. The number of piperidine rings is 1. The predicted molar refractivity (Wildman–Crippen MR) is 81.3 cm³/mol. The Morgan fingerprint density at radius 2 is 2.19 bits per heavy atom. The van der Waals surface area contributed by atoms with Crippen molar-refractivity contribution in [2.24, 2.45) is 5.92 Å². The molecule has 0 aliphatic carbocycles. The highest BCUT2D eigenvalue weighted by Gasteiger charge is 2.53. The molecule has 0 amide bonds. The van der Waals surface area contributed by atoms with Gasteiger partial charge in [0, 0.05) is 24.2 Å². The Morgan fingerprint density at radius 3 is 2.86 bits per heavy atom. The summed E-state index contributed by atoms with van der Waals surface area (Å²) >= 11 is 5.89. The molecule has 0 aromatic carbocycles. The molecule has 2 bridgehead atoms. The van der Waals surface area contributed by atoms with Crippen LogP contribution in [0.4, 0.5) is 0 Å². The van der Waals surface area contributed by atoms with Crippen LogP contribution in [0.5, 0.6) is 0 Å². The van der Waals surface area contributed by atoms with Crippen molar-refractivity contribution in [1.82, 2.24) is 9.88 Å². The number of rotatable bonds is 3. The number of halogens is 1. The van der Waals surface area contributed by atoms with Crippen molar-refractivity contribution in [1.29, 1.82) is 0 Å². The van der Waals surface area contributed by atoms with Crippen LogP contribution in [-0.2, 0) is 9.53 Å². The van der Waals surface area contributed by atoms with Crippen LogP contribution in [-0.4, -0.2) is 41.6 Å². The number of hydrogen-bond acceptors (Lipinski definition) is 4. The van der Waals surface area contributed by atoms with Gasteiger partial charge in [-0.2, -0.15) is 0 Å². The summed E-state index contributed by atoms with van der Waals surface area (Å²) < 4.78 is 5.35. The minimum absolute atomic E-state index is 0.0706. The number of pyridine rings is 1. The first-order valence-corrected chi connectivity index (χ1v) is 8.01. The van der Waals surface area contributed by atoms with Gasteiger partial charge in [-0.15, -0.1) is 0 Å². The molecule has 3 heterocycles. The Balaban J connectivity index is 1.97. The fourth-order valence-electron chi connectivity index (χ4n) is 4.09. The molecule has 2 aliphatic rings. The van der Waals surface area contributed by atoms with Gasteiger partial charge in [-0.05, 0) is 38.4 Å². The molecular weight excluding hydrogens is 288 g/mol. The van der Waals surface area contributed by atoms with Crippen LogP contribution in [0.1, 0.15) is 37.7 Å². The van der Waals surface area contributed by atoms with E-state index in [9.17, 15) is 4.79 Å². The predicted octanol–water partition coefficient (Wildman–Crippen LogP) is 2.86. The van der Waals surface area contributed by atoms with Gasteiger partial charge in [-0.25, -0.2) is 4.98 Å². The molecule has 4 atom stereocenters. The SMILES string of the molecule is CCOC(=O)[C@H]1[C@@H](c2ccc(Cl)nc2)[C@H]2CCC[C@@H]1N2C. The lowest BCUT2D eigenvalue weighted by molar-refractivity contribution is -0.149. The lowest BCUT2D eigenvalue weighted by Crippen LogP contribution is -2.39. The molecule has 0 N–H and O–H groups in total. The molecule has 2 fully saturated rings. The third-order valence-corrected chi connectivity index (χ3v) is 5.18. The lowest BCUT2D eigenvalue weighted by Gasteiger charge is -2.32. The average Bonchev–Trinajstić information content (AvgIpc) is 2.63. The monoisotopic (exact) mass is 308 g/mol. The number of aromatic nitrogens is 1. The molecule has 5 heteroatoms. The second-order valence-electron chi connectivity index (χ2n) is 5.95. The number of nitrogens with zero attached hydrogens (tertiary/aromatic N) is 2. The van der Waals surface area contributed by atoms with E-state index in [0.717, 1.165) is 18.4 Å². The Kier molecular flexibility index (Phi) is 4.18. The van der Waals surface area contributed by atoms with Gasteiger partial charge >= 0.3 is 5.97 Å². The Labute approximate surface area is 130 Å². The molecule has 2 saturated heterocycles. The summed E-state index contributed by atoms with van der Waals surface area (Å²) in [5.41, 5.74) is 1.10. The van der Waals surface area contributed by atoms with Crippen molar-refractivity contribution in [3.05, 3.63) is 29.0 Å². The minimum Gasteiger partial charge on any atom is -0.466 e. The van der Waals surface area contributed by atoms with Gasteiger partial charge in [0.15, 0.2) is 0 Å². The number of likely N-dealkylation sites (N-methyl/N-ethyl adjacent to an activating group) is 1. The van der Waals surface area contributed by atoms with Crippen molar-refractivity contribution in [3.8, 4) is 0 Å². The Morgan fingerprint density at radius 1 is 1.43 bits per heavy atom. The molecule has 2 aliphatic heterocycles. The van der Waals surface area contributed by atoms with Crippen LogP contribution < -0.4 is 0 Å². The van der Waals surface area contributed by atoms with Gasteiger partial charge in [-0.3, -0.25) is 9.69 Å². The molecule has 1 aromatic heterocycles. The standard InChI is InChI=1S/C16H21ClN2O2/c1-3-21-16(20)15-12-6-4-5-11(19(12)2)14(15)10-7-8-13(17)18-9-10/h7-9,11-12,14-15H,3-6H2,1-2H3/t11-,12+,14+,15-/m1/s1. The highest BCUT2D eigenvalue weighted by molar-refractivity contribution is 6.29. The van der Waals surface area contributed by atoms with Crippen molar-refractivity contribution >= 4 is 17.6 Å². The zero-order chi connectivity index (χ0) is 15.0. The van der Waals surface area contributed by atoms with Crippen LogP contribution >= 0.6 is 11.6 Å². The Bertz CT molecular complexity index is 520. The smallest absolute Gasteiger partial charge is 0.311 e. The highest BCUT2D eigenvalue weighted by atomic mass is 35.5.